The molecule has 2 amide bonds. The maximum absolute atomic E-state index is 12.6. The number of amides is 2. The highest BCUT2D eigenvalue weighted by Crippen LogP contribution is 2.24. The van der Waals surface area contributed by atoms with E-state index in [0.717, 1.165) is 37.1 Å². The Labute approximate surface area is 158 Å². The molecule has 0 saturated carbocycles. The Morgan fingerprint density at radius 1 is 1.23 bits per heavy atom. The van der Waals surface area contributed by atoms with E-state index in [0.29, 0.717) is 30.2 Å². The minimum absolute atomic E-state index is 0.0835. The highest BCUT2D eigenvalue weighted by atomic mass is 35.5. The molecule has 1 saturated heterocycles. The first-order valence-electron chi connectivity index (χ1n) is 9.10. The van der Waals surface area contributed by atoms with E-state index in [4.69, 9.17) is 11.6 Å². The molecular formula is C20H24ClN3O2. The largest absolute Gasteiger partial charge is 0.351 e. The van der Waals surface area contributed by atoms with Crippen molar-refractivity contribution < 1.29 is 9.59 Å². The van der Waals surface area contributed by atoms with Gasteiger partial charge in [-0.2, -0.15) is 0 Å². The fourth-order valence-electron chi connectivity index (χ4n) is 3.27. The molecule has 0 radical (unpaired) electrons. The van der Waals surface area contributed by atoms with Crippen LogP contribution in [0, 0.1) is 0 Å². The van der Waals surface area contributed by atoms with Crippen LogP contribution in [0.2, 0.25) is 5.02 Å². The Kier molecular flexibility index (Phi) is 5.99. The van der Waals surface area contributed by atoms with Gasteiger partial charge >= 0.3 is 0 Å². The van der Waals surface area contributed by atoms with E-state index < -0.39 is 0 Å². The molecule has 1 aromatic heterocycles. The molecule has 2 heterocycles. The Balaban J connectivity index is 1.59. The van der Waals surface area contributed by atoms with Gasteiger partial charge in [0, 0.05) is 49.4 Å². The third-order valence-corrected chi connectivity index (χ3v) is 4.96. The van der Waals surface area contributed by atoms with Gasteiger partial charge in [-0.15, -0.1) is 0 Å². The van der Waals surface area contributed by atoms with Crippen molar-refractivity contribution in [2.24, 2.45) is 0 Å². The van der Waals surface area contributed by atoms with Crippen LogP contribution in [0.5, 0.6) is 0 Å². The molecule has 1 aliphatic heterocycles. The number of aromatic nitrogens is 1. The molecule has 26 heavy (non-hydrogen) atoms. The molecular weight excluding hydrogens is 350 g/mol. The number of rotatable bonds is 7. The predicted octanol–water partition coefficient (Wildman–Crippen LogP) is 3.57. The number of halogens is 1. The monoisotopic (exact) mass is 373 g/mol. The summed E-state index contributed by atoms with van der Waals surface area (Å²) in [6, 6.07) is 9.50. The van der Waals surface area contributed by atoms with Crippen molar-refractivity contribution >= 4 is 23.4 Å². The summed E-state index contributed by atoms with van der Waals surface area (Å²) in [6.07, 6.45) is 4.36. The van der Waals surface area contributed by atoms with Gasteiger partial charge in [0.15, 0.2) is 0 Å². The highest BCUT2D eigenvalue weighted by molar-refractivity contribution is 6.30. The van der Waals surface area contributed by atoms with Crippen molar-refractivity contribution in [2.75, 3.05) is 19.6 Å². The lowest BCUT2D eigenvalue weighted by Gasteiger charge is -2.15. The zero-order chi connectivity index (χ0) is 18.5. The Morgan fingerprint density at radius 2 is 2.00 bits per heavy atom. The lowest BCUT2D eigenvalue weighted by Crippen LogP contribution is -2.31. The zero-order valence-corrected chi connectivity index (χ0v) is 15.8. The van der Waals surface area contributed by atoms with Gasteiger partial charge in [-0.25, -0.2) is 0 Å². The van der Waals surface area contributed by atoms with Crippen molar-refractivity contribution in [1.29, 1.82) is 0 Å². The lowest BCUT2D eigenvalue weighted by atomic mass is 10.1. The fraction of sp³-hybridized carbons (Fsp3) is 0.400. The second-order valence-corrected chi connectivity index (χ2v) is 6.94. The van der Waals surface area contributed by atoms with Gasteiger partial charge in [0.1, 0.15) is 5.69 Å². The van der Waals surface area contributed by atoms with Crippen molar-refractivity contribution in [2.45, 2.75) is 32.7 Å². The van der Waals surface area contributed by atoms with E-state index in [9.17, 15) is 9.59 Å². The fourth-order valence-corrected chi connectivity index (χ4v) is 3.39. The molecule has 1 aliphatic rings. The van der Waals surface area contributed by atoms with E-state index in [2.05, 4.69) is 5.32 Å². The van der Waals surface area contributed by atoms with Gasteiger partial charge in [0.2, 0.25) is 5.91 Å². The minimum atomic E-state index is -0.0835. The minimum Gasteiger partial charge on any atom is -0.351 e. The van der Waals surface area contributed by atoms with Crippen LogP contribution in [0.3, 0.4) is 0 Å². The third kappa shape index (κ3) is 4.28. The third-order valence-electron chi connectivity index (χ3n) is 4.71. The summed E-state index contributed by atoms with van der Waals surface area (Å²) in [5, 5.41) is 3.66. The van der Waals surface area contributed by atoms with Gasteiger partial charge in [0.05, 0.1) is 0 Å². The summed E-state index contributed by atoms with van der Waals surface area (Å²) in [6.45, 7) is 4.85. The van der Waals surface area contributed by atoms with E-state index in [-0.39, 0.29) is 11.8 Å². The predicted molar refractivity (Wildman–Crippen MR) is 103 cm³/mol. The number of carbonyl (C=O) groups excluding carboxylic acids is 2. The molecule has 0 bridgehead atoms. The second-order valence-electron chi connectivity index (χ2n) is 6.50. The molecule has 0 atom stereocenters. The summed E-state index contributed by atoms with van der Waals surface area (Å²) in [5.41, 5.74) is 2.68. The summed E-state index contributed by atoms with van der Waals surface area (Å²) < 4.78 is 1.95. The van der Waals surface area contributed by atoms with E-state index in [1.54, 1.807) is 0 Å². The molecule has 1 N–H and O–H groups in total. The molecule has 138 valence electrons. The summed E-state index contributed by atoms with van der Waals surface area (Å²) in [4.78, 5) is 26.0. The van der Waals surface area contributed by atoms with Crippen LogP contribution in [-0.2, 0) is 11.3 Å². The average molecular weight is 374 g/mol. The number of aryl methyl sites for hydroxylation is 1. The summed E-state index contributed by atoms with van der Waals surface area (Å²) in [7, 11) is 0. The first-order valence-corrected chi connectivity index (χ1v) is 9.48. The first-order chi connectivity index (χ1) is 12.6. The van der Waals surface area contributed by atoms with Crippen molar-refractivity contribution in [3.05, 3.63) is 47.2 Å². The van der Waals surface area contributed by atoms with Crippen LogP contribution < -0.4 is 5.32 Å². The number of carbonyl (C=O) groups is 2. The maximum atomic E-state index is 12.6. The number of hydrogen-bond acceptors (Lipinski definition) is 2. The number of likely N-dealkylation sites (tertiary alicyclic amines) is 1. The van der Waals surface area contributed by atoms with Gasteiger partial charge in [-0.05, 0) is 43.5 Å². The summed E-state index contributed by atoms with van der Waals surface area (Å²) >= 11 is 5.95. The zero-order valence-electron chi connectivity index (χ0n) is 15.0. The molecule has 6 heteroatoms. The van der Waals surface area contributed by atoms with E-state index >= 15 is 0 Å². The van der Waals surface area contributed by atoms with Crippen molar-refractivity contribution in [3.63, 3.8) is 0 Å². The van der Waals surface area contributed by atoms with Crippen LogP contribution in [0.4, 0.5) is 0 Å². The maximum Gasteiger partial charge on any atom is 0.267 e. The number of hydrogen-bond donors (Lipinski definition) is 1. The smallest absolute Gasteiger partial charge is 0.267 e. The van der Waals surface area contributed by atoms with Gasteiger partial charge in [-0.3, -0.25) is 9.59 Å². The first kappa shape index (κ1) is 18.5. The van der Waals surface area contributed by atoms with E-state index in [1.165, 1.54) is 0 Å². The summed E-state index contributed by atoms with van der Waals surface area (Å²) in [5.74, 6) is 0.142. The molecule has 0 aliphatic carbocycles. The average Bonchev–Trinajstić information content (AvgIpc) is 3.25. The molecule has 1 fully saturated rings. The van der Waals surface area contributed by atoms with Crippen molar-refractivity contribution in [3.8, 4) is 11.1 Å². The van der Waals surface area contributed by atoms with E-state index in [1.807, 2.05) is 52.9 Å². The Morgan fingerprint density at radius 3 is 2.65 bits per heavy atom. The number of nitrogens with zero attached hydrogens (tertiary/aromatic N) is 2. The van der Waals surface area contributed by atoms with Crippen LogP contribution in [0.25, 0.3) is 11.1 Å². The molecule has 2 aromatic rings. The number of nitrogens with one attached hydrogen (secondary N) is 1. The van der Waals surface area contributed by atoms with Crippen LogP contribution in [0.1, 0.15) is 36.7 Å². The Hall–Kier alpha value is -2.27. The van der Waals surface area contributed by atoms with Crippen LogP contribution in [0.15, 0.2) is 36.5 Å². The van der Waals surface area contributed by atoms with Crippen LogP contribution in [-0.4, -0.2) is 40.9 Å². The molecule has 3 rings (SSSR count). The quantitative estimate of drug-likeness (QED) is 0.754. The lowest BCUT2D eigenvalue weighted by molar-refractivity contribution is -0.127. The number of benzene rings is 1. The Bertz CT molecular complexity index is 783. The van der Waals surface area contributed by atoms with Gasteiger partial charge < -0.3 is 14.8 Å². The van der Waals surface area contributed by atoms with Crippen LogP contribution >= 0.6 is 11.6 Å². The molecule has 5 nitrogen and oxygen atoms in total. The standard InChI is InChI=1S/C20H24ClN3O2/c1-2-23-14-16(15-6-8-17(21)9-7-15)13-18(23)20(26)22-10-4-12-24-11-3-5-19(24)25/h6-9,13-14H,2-5,10-12H2,1H3,(H,22,26). The molecule has 1 aromatic carbocycles. The van der Waals surface area contributed by atoms with Gasteiger partial charge in [-0.1, -0.05) is 23.7 Å². The second kappa shape index (κ2) is 8.41. The van der Waals surface area contributed by atoms with Crippen molar-refractivity contribution in [1.82, 2.24) is 14.8 Å². The topological polar surface area (TPSA) is 54.3 Å². The van der Waals surface area contributed by atoms with Gasteiger partial charge in [0.25, 0.3) is 5.91 Å². The highest BCUT2D eigenvalue weighted by Gasteiger charge is 2.19. The molecule has 0 spiro atoms. The molecule has 0 unspecified atom stereocenters. The normalized spacial score (nSPS) is 14.1. The SMILES string of the molecule is CCn1cc(-c2ccc(Cl)cc2)cc1C(=O)NCCCN1CCCC1=O.